The topological polar surface area (TPSA) is 76.9 Å². The second kappa shape index (κ2) is 8.36. The number of carbonyl (C=O) groups is 1. The SMILES string of the molecule is Cc1ccc(-c2csc3ncn(CCC(=O)Nc4cccc5ncccc45)c(=O)c23)cc1. The van der Waals surface area contributed by atoms with Crippen LogP contribution in [0.5, 0.6) is 0 Å². The van der Waals surface area contributed by atoms with Gasteiger partial charge in [-0.05, 0) is 36.8 Å². The van der Waals surface area contributed by atoms with Gasteiger partial charge in [-0.25, -0.2) is 4.98 Å². The van der Waals surface area contributed by atoms with E-state index in [9.17, 15) is 9.59 Å². The fourth-order valence-corrected chi connectivity index (χ4v) is 4.63. The first kappa shape index (κ1) is 20.1. The zero-order valence-electron chi connectivity index (χ0n) is 17.4. The van der Waals surface area contributed by atoms with E-state index in [1.165, 1.54) is 22.2 Å². The van der Waals surface area contributed by atoms with E-state index in [0.717, 1.165) is 27.6 Å². The summed E-state index contributed by atoms with van der Waals surface area (Å²) in [5.74, 6) is -0.169. The van der Waals surface area contributed by atoms with Crippen LogP contribution in [0.1, 0.15) is 12.0 Å². The number of hydrogen-bond acceptors (Lipinski definition) is 5. The lowest BCUT2D eigenvalue weighted by atomic mass is 10.1. The summed E-state index contributed by atoms with van der Waals surface area (Å²) in [6.07, 6.45) is 3.40. The van der Waals surface area contributed by atoms with Gasteiger partial charge in [-0.2, -0.15) is 0 Å². The third-order valence-electron chi connectivity index (χ3n) is 5.42. The molecule has 7 heteroatoms. The van der Waals surface area contributed by atoms with E-state index in [0.29, 0.717) is 15.9 Å². The summed E-state index contributed by atoms with van der Waals surface area (Å²) in [4.78, 5) is 35.3. The number of hydrogen-bond donors (Lipinski definition) is 1. The minimum atomic E-state index is -0.169. The van der Waals surface area contributed by atoms with Crippen LogP contribution in [0, 0.1) is 6.92 Å². The number of anilines is 1. The number of rotatable bonds is 5. The van der Waals surface area contributed by atoms with Gasteiger partial charge < -0.3 is 5.32 Å². The number of nitrogens with zero attached hydrogens (tertiary/aromatic N) is 3. The van der Waals surface area contributed by atoms with Gasteiger partial charge in [0.1, 0.15) is 4.83 Å². The van der Waals surface area contributed by atoms with Crippen molar-refractivity contribution in [1.82, 2.24) is 14.5 Å². The first-order valence-corrected chi connectivity index (χ1v) is 11.2. The number of carbonyl (C=O) groups excluding carboxylic acids is 1. The van der Waals surface area contributed by atoms with Crippen LogP contribution >= 0.6 is 11.3 Å². The lowest BCUT2D eigenvalue weighted by molar-refractivity contribution is -0.116. The van der Waals surface area contributed by atoms with Gasteiger partial charge in [0, 0.05) is 35.5 Å². The predicted molar refractivity (Wildman–Crippen MR) is 129 cm³/mol. The van der Waals surface area contributed by atoms with E-state index < -0.39 is 0 Å². The van der Waals surface area contributed by atoms with Gasteiger partial charge in [0.05, 0.1) is 22.9 Å². The molecule has 1 N–H and O–H groups in total. The van der Waals surface area contributed by atoms with Crippen molar-refractivity contribution in [3.63, 3.8) is 0 Å². The Morgan fingerprint density at radius 1 is 1.06 bits per heavy atom. The molecule has 0 aliphatic heterocycles. The van der Waals surface area contributed by atoms with E-state index in [1.807, 2.05) is 66.9 Å². The second-order valence-corrected chi connectivity index (χ2v) is 8.47. The molecule has 0 fully saturated rings. The highest BCUT2D eigenvalue weighted by Crippen LogP contribution is 2.30. The minimum absolute atomic E-state index is 0.131. The Hall–Kier alpha value is -3.84. The number of fused-ring (bicyclic) bond motifs is 2. The Labute approximate surface area is 188 Å². The first-order chi connectivity index (χ1) is 15.6. The van der Waals surface area contributed by atoms with Crippen LogP contribution in [-0.2, 0) is 11.3 Å². The van der Waals surface area contributed by atoms with Crippen molar-refractivity contribution < 1.29 is 4.79 Å². The molecule has 2 aromatic carbocycles. The lowest BCUT2D eigenvalue weighted by Crippen LogP contribution is -2.23. The minimum Gasteiger partial charge on any atom is -0.325 e. The standard InChI is InChI=1S/C25H20N4O2S/c1-16-7-9-17(10-8-16)19-14-32-24-23(19)25(31)29(15-27-24)13-11-22(30)28-21-6-2-5-20-18(21)4-3-12-26-20/h2-10,12,14-15H,11,13H2,1H3,(H,28,30). The second-order valence-electron chi connectivity index (χ2n) is 7.61. The molecule has 6 nitrogen and oxygen atoms in total. The molecule has 3 heterocycles. The summed E-state index contributed by atoms with van der Waals surface area (Å²) < 4.78 is 1.51. The van der Waals surface area contributed by atoms with Crippen molar-refractivity contribution in [2.24, 2.45) is 0 Å². The summed E-state index contributed by atoms with van der Waals surface area (Å²) in [5, 5.41) is 6.38. The predicted octanol–water partition coefficient (Wildman–Crippen LogP) is 5.01. The van der Waals surface area contributed by atoms with E-state index in [2.05, 4.69) is 15.3 Å². The zero-order chi connectivity index (χ0) is 22.1. The number of pyridine rings is 1. The number of aryl methyl sites for hydroxylation is 2. The number of thiophene rings is 1. The van der Waals surface area contributed by atoms with Gasteiger partial charge in [0.2, 0.25) is 5.91 Å². The lowest BCUT2D eigenvalue weighted by Gasteiger charge is -2.09. The van der Waals surface area contributed by atoms with Crippen LogP contribution in [0.4, 0.5) is 5.69 Å². The maximum absolute atomic E-state index is 13.2. The molecule has 5 rings (SSSR count). The molecular formula is C25H20N4O2S. The Morgan fingerprint density at radius 3 is 2.75 bits per heavy atom. The Morgan fingerprint density at radius 2 is 1.91 bits per heavy atom. The van der Waals surface area contributed by atoms with Crippen LogP contribution < -0.4 is 10.9 Å². The highest BCUT2D eigenvalue weighted by Gasteiger charge is 2.14. The molecular weight excluding hydrogens is 420 g/mol. The largest absolute Gasteiger partial charge is 0.325 e. The molecule has 0 bridgehead atoms. The van der Waals surface area contributed by atoms with Crippen molar-refractivity contribution in [2.45, 2.75) is 19.9 Å². The molecule has 0 atom stereocenters. The number of benzene rings is 2. The van der Waals surface area contributed by atoms with Gasteiger partial charge in [-0.3, -0.25) is 19.1 Å². The maximum atomic E-state index is 13.2. The molecule has 0 saturated heterocycles. The molecule has 32 heavy (non-hydrogen) atoms. The average molecular weight is 441 g/mol. The third kappa shape index (κ3) is 3.78. The molecule has 0 aliphatic rings. The van der Waals surface area contributed by atoms with Gasteiger partial charge >= 0.3 is 0 Å². The van der Waals surface area contributed by atoms with E-state index >= 15 is 0 Å². The molecule has 0 aliphatic carbocycles. The highest BCUT2D eigenvalue weighted by atomic mass is 32.1. The monoisotopic (exact) mass is 440 g/mol. The summed E-state index contributed by atoms with van der Waals surface area (Å²) in [5.41, 5.74) is 4.43. The van der Waals surface area contributed by atoms with Gasteiger partial charge in [0.25, 0.3) is 5.56 Å². The van der Waals surface area contributed by atoms with Crippen LogP contribution in [-0.4, -0.2) is 20.4 Å². The molecule has 5 aromatic rings. The molecule has 158 valence electrons. The molecule has 0 radical (unpaired) electrons. The molecule has 3 aromatic heterocycles. The summed E-state index contributed by atoms with van der Waals surface area (Å²) >= 11 is 1.45. The van der Waals surface area contributed by atoms with Crippen molar-refractivity contribution in [3.8, 4) is 11.1 Å². The van der Waals surface area contributed by atoms with Crippen LogP contribution in [0.25, 0.3) is 32.2 Å². The van der Waals surface area contributed by atoms with Crippen molar-refractivity contribution in [1.29, 1.82) is 0 Å². The van der Waals surface area contributed by atoms with E-state index in [-0.39, 0.29) is 24.4 Å². The summed E-state index contributed by atoms with van der Waals surface area (Å²) in [6.45, 7) is 2.28. The Balaban J connectivity index is 1.38. The Bertz CT molecular complexity index is 1500. The first-order valence-electron chi connectivity index (χ1n) is 10.3. The quantitative estimate of drug-likeness (QED) is 0.417. The van der Waals surface area contributed by atoms with Gasteiger partial charge in [0.15, 0.2) is 0 Å². The maximum Gasteiger partial charge on any atom is 0.262 e. The fraction of sp³-hybridized carbons (Fsp3) is 0.120. The smallest absolute Gasteiger partial charge is 0.262 e. The normalized spacial score (nSPS) is 11.2. The number of nitrogens with one attached hydrogen (secondary N) is 1. The van der Waals surface area contributed by atoms with Crippen LogP contribution in [0.3, 0.4) is 0 Å². The van der Waals surface area contributed by atoms with Crippen molar-refractivity contribution >= 4 is 44.1 Å². The van der Waals surface area contributed by atoms with Gasteiger partial charge in [-0.15, -0.1) is 11.3 Å². The van der Waals surface area contributed by atoms with Crippen LogP contribution in [0.15, 0.2) is 77.3 Å². The third-order valence-corrected chi connectivity index (χ3v) is 6.31. The molecule has 0 saturated carbocycles. The van der Waals surface area contributed by atoms with Gasteiger partial charge in [-0.1, -0.05) is 35.9 Å². The summed E-state index contributed by atoms with van der Waals surface area (Å²) in [6, 6.07) is 17.5. The van der Waals surface area contributed by atoms with Crippen molar-refractivity contribution in [3.05, 3.63) is 88.4 Å². The average Bonchev–Trinajstić information content (AvgIpc) is 3.24. The molecule has 1 amide bonds. The number of amides is 1. The Kier molecular flexibility index (Phi) is 5.25. The fourth-order valence-electron chi connectivity index (χ4n) is 3.72. The zero-order valence-corrected chi connectivity index (χ0v) is 18.2. The van der Waals surface area contributed by atoms with E-state index in [1.54, 1.807) is 6.20 Å². The summed E-state index contributed by atoms with van der Waals surface area (Å²) in [7, 11) is 0. The molecule has 0 unspecified atom stereocenters. The van der Waals surface area contributed by atoms with Crippen molar-refractivity contribution in [2.75, 3.05) is 5.32 Å². The number of aromatic nitrogens is 3. The highest BCUT2D eigenvalue weighted by molar-refractivity contribution is 7.17. The molecule has 0 spiro atoms. The van der Waals surface area contributed by atoms with E-state index in [4.69, 9.17) is 0 Å². The van der Waals surface area contributed by atoms with Crippen LogP contribution in [0.2, 0.25) is 0 Å².